The number of aromatic amines is 1. The van der Waals surface area contributed by atoms with E-state index in [1.54, 1.807) is 12.1 Å². The number of para-hydroxylation sites is 1. The quantitative estimate of drug-likeness (QED) is 0.884. The lowest BCUT2D eigenvalue weighted by Crippen LogP contribution is -1.90. The Morgan fingerprint density at radius 3 is 2.88 bits per heavy atom. The van der Waals surface area contributed by atoms with Gasteiger partial charge in [0.25, 0.3) is 0 Å². The van der Waals surface area contributed by atoms with E-state index in [1.807, 2.05) is 6.07 Å². The van der Waals surface area contributed by atoms with Gasteiger partial charge in [0.05, 0.1) is 12.1 Å². The minimum Gasteiger partial charge on any atom is -0.494 e. The number of nitrogens with one attached hydrogen (secondary N) is 1. The predicted octanol–water partition coefficient (Wildman–Crippen LogP) is 3.31. The molecule has 0 amide bonds. The van der Waals surface area contributed by atoms with Crippen LogP contribution in [0.5, 0.6) is 5.75 Å². The predicted molar refractivity (Wildman–Crippen MR) is 68.7 cm³/mol. The Morgan fingerprint density at radius 2 is 2.29 bits per heavy atom. The lowest BCUT2D eigenvalue weighted by Gasteiger charge is -2.08. The summed E-state index contributed by atoms with van der Waals surface area (Å²) in [6, 6.07) is 5.34. The number of H-pyrrole nitrogens is 1. The minimum atomic E-state index is 0.244. The van der Waals surface area contributed by atoms with Crippen LogP contribution >= 0.6 is 27.5 Å². The molecule has 0 fully saturated rings. The molecule has 2 aromatic rings. The standard InChI is InChI=1S/C11H8BrClN2O2/c1-17-10-6(3-2-4-7(10)13)9-11(12)15-8(5-16)14-9/h2-5H,1H3,(H,14,15). The van der Waals surface area contributed by atoms with Crippen molar-refractivity contribution in [1.82, 2.24) is 9.97 Å². The number of benzene rings is 1. The largest absolute Gasteiger partial charge is 0.494 e. The van der Waals surface area contributed by atoms with E-state index in [4.69, 9.17) is 16.3 Å². The molecule has 4 nitrogen and oxygen atoms in total. The first-order valence-electron chi connectivity index (χ1n) is 4.71. The van der Waals surface area contributed by atoms with Crippen molar-refractivity contribution >= 4 is 33.8 Å². The number of halogens is 2. The van der Waals surface area contributed by atoms with Gasteiger partial charge in [-0.05, 0) is 28.1 Å². The third-order valence-corrected chi connectivity index (χ3v) is 3.09. The molecular weight excluding hydrogens is 307 g/mol. The molecule has 0 bridgehead atoms. The highest BCUT2D eigenvalue weighted by Crippen LogP contribution is 2.37. The molecule has 1 aromatic carbocycles. The number of methoxy groups -OCH3 is 1. The van der Waals surface area contributed by atoms with Crippen LogP contribution in [0, 0.1) is 0 Å². The van der Waals surface area contributed by atoms with Crippen LogP contribution in [0.4, 0.5) is 0 Å². The van der Waals surface area contributed by atoms with Crippen molar-refractivity contribution in [3.63, 3.8) is 0 Å². The maximum Gasteiger partial charge on any atom is 0.185 e. The van der Waals surface area contributed by atoms with E-state index in [9.17, 15) is 4.79 Å². The van der Waals surface area contributed by atoms with Gasteiger partial charge in [0.2, 0.25) is 0 Å². The van der Waals surface area contributed by atoms with Crippen molar-refractivity contribution < 1.29 is 9.53 Å². The second-order valence-corrected chi connectivity index (χ2v) is 4.42. The molecule has 6 heteroatoms. The average Bonchev–Trinajstić information content (AvgIpc) is 2.70. The monoisotopic (exact) mass is 314 g/mol. The molecule has 0 aliphatic carbocycles. The first kappa shape index (κ1) is 12.1. The van der Waals surface area contributed by atoms with Gasteiger partial charge in [-0.2, -0.15) is 0 Å². The molecule has 0 unspecified atom stereocenters. The fraction of sp³-hybridized carbons (Fsp3) is 0.0909. The Morgan fingerprint density at radius 1 is 1.53 bits per heavy atom. The number of rotatable bonds is 3. The van der Waals surface area contributed by atoms with E-state index in [0.29, 0.717) is 27.4 Å². The van der Waals surface area contributed by atoms with Gasteiger partial charge in [0.15, 0.2) is 12.1 Å². The Labute approximate surface area is 111 Å². The molecule has 0 saturated carbocycles. The van der Waals surface area contributed by atoms with Crippen molar-refractivity contribution in [3.8, 4) is 17.0 Å². The van der Waals surface area contributed by atoms with Crippen LogP contribution in [0.2, 0.25) is 5.02 Å². The number of carbonyl (C=O) groups excluding carboxylic acids is 1. The van der Waals surface area contributed by atoms with Crippen LogP contribution < -0.4 is 4.74 Å². The number of carbonyl (C=O) groups is 1. The zero-order valence-corrected chi connectivity index (χ0v) is 11.2. The molecule has 17 heavy (non-hydrogen) atoms. The summed E-state index contributed by atoms with van der Waals surface area (Å²) >= 11 is 9.33. The molecule has 0 radical (unpaired) electrons. The van der Waals surface area contributed by atoms with Gasteiger partial charge in [0.1, 0.15) is 16.0 Å². The van der Waals surface area contributed by atoms with Crippen molar-refractivity contribution in [3.05, 3.63) is 33.6 Å². The fourth-order valence-electron chi connectivity index (χ4n) is 1.51. The van der Waals surface area contributed by atoms with Crippen LogP contribution in [0.3, 0.4) is 0 Å². The molecule has 88 valence electrons. The summed E-state index contributed by atoms with van der Waals surface area (Å²) in [7, 11) is 1.53. The highest BCUT2D eigenvalue weighted by molar-refractivity contribution is 9.10. The maximum absolute atomic E-state index is 10.7. The SMILES string of the molecule is COc1c(Cl)cccc1-c1nc(C=O)[nH]c1Br. The molecule has 2 rings (SSSR count). The number of imidazole rings is 1. The Balaban J connectivity index is 2.63. The van der Waals surface area contributed by atoms with Gasteiger partial charge in [-0.1, -0.05) is 17.7 Å². The lowest BCUT2D eigenvalue weighted by molar-refractivity contribution is 0.111. The van der Waals surface area contributed by atoms with Gasteiger partial charge in [0, 0.05) is 5.56 Å². The first-order valence-corrected chi connectivity index (χ1v) is 5.88. The van der Waals surface area contributed by atoms with Crippen molar-refractivity contribution in [2.75, 3.05) is 7.11 Å². The lowest BCUT2D eigenvalue weighted by atomic mass is 10.1. The Kier molecular flexibility index (Phi) is 3.49. The third-order valence-electron chi connectivity index (χ3n) is 2.22. The van der Waals surface area contributed by atoms with E-state index in [0.717, 1.165) is 5.56 Å². The number of aromatic nitrogens is 2. The summed E-state index contributed by atoms with van der Waals surface area (Å²) in [6.07, 6.45) is 0.644. The van der Waals surface area contributed by atoms with Gasteiger partial charge in [-0.15, -0.1) is 0 Å². The van der Waals surface area contributed by atoms with E-state index in [2.05, 4.69) is 25.9 Å². The Hall–Kier alpha value is -1.33. The Bertz CT molecular complexity index is 569. The zero-order chi connectivity index (χ0) is 12.4. The number of hydrogen-bond donors (Lipinski definition) is 1. The molecule has 0 atom stereocenters. The smallest absolute Gasteiger partial charge is 0.185 e. The van der Waals surface area contributed by atoms with Crippen LogP contribution in [-0.4, -0.2) is 23.4 Å². The zero-order valence-electron chi connectivity index (χ0n) is 8.83. The molecule has 1 N–H and O–H groups in total. The summed E-state index contributed by atoms with van der Waals surface area (Å²) in [5.41, 5.74) is 1.31. The second-order valence-electron chi connectivity index (χ2n) is 3.22. The van der Waals surface area contributed by atoms with E-state index < -0.39 is 0 Å². The molecule has 1 heterocycles. The number of ether oxygens (including phenoxy) is 1. The van der Waals surface area contributed by atoms with E-state index >= 15 is 0 Å². The molecule has 0 saturated heterocycles. The van der Waals surface area contributed by atoms with Crippen molar-refractivity contribution in [2.45, 2.75) is 0 Å². The summed E-state index contributed by atoms with van der Waals surface area (Å²) in [5.74, 6) is 0.771. The molecule has 1 aromatic heterocycles. The molecule has 0 spiro atoms. The summed E-state index contributed by atoms with van der Waals surface area (Å²) in [4.78, 5) is 17.6. The number of aldehydes is 1. The second kappa shape index (κ2) is 4.89. The minimum absolute atomic E-state index is 0.244. The maximum atomic E-state index is 10.7. The van der Waals surface area contributed by atoms with Gasteiger partial charge < -0.3 is 9.72 Å². The van der Waals surface area contributed by atoms with Gasteiger partial charge in [-0.25, -0.2) is 4.98 Å². The van der Waals surface area contributed by atoms with E-state index in [-0.39, 0.29) is 5.82 Å². The first-order chi connectivity index (χ1) is 8.17. The summed E-state index contributed by atoms with van der Waals surface area (Å²) < 4.78 is 5.84. The highest BCUT2D eigenvalue weighted by Gasteiger charge is 2.16. The van der Waals surface area contributed by atoms with Crippen LogP contribution in [-0.2, 0) is 0 Å². The fourth-order valence-corrected chi connectivity index (χ4v) is 2.26. The normalized spacial score (nSPS) is 10.3. The topological polar surface area (TPSA) is 55.0 Å². The molecule has 0 aliphatic rings. The van der Waals surface area contributed by atoms with Crippen LogP contribution in [0.15, 0.2) is 22.8 Å². The average molecular weight is 316 g/mol. The van der Waals surface area contributed by atoms with Crippen LogP contribution in [0.25, 0.3) is 11.3 Å². The van der Waals surface area contributed by atoms with Crippen LogP contribution in [0.1, 0.15) is 10.6 Å². The van der Waals surface area contributed by atoms with Gasteiger partial charge >= 0.3 is 0 Å². The number of nitrogens with zero attached hydrogens (tertiary/aromatic N) is 1. The summed E-state index contributed by atoms with van der Waals surface area (Å²) in [6.45, 7) is 0. The summed E-state index contributed by atoms with van der Waals surface area (Å²) in [5, 5.41) is 0.493. The highest BCUT2D eigenvalue weighted by atomic mass is 79.9. The molecule has 0 aliphatic heterocycles. The number of hydrogen-bond acceptors (Lipinski definition) is 3. The van der Waals surface area contributed by atoms with Crippen molar-refractivity contribution in [2.24, 2.45) is 0 Å². The van der Waals surface area contributed by atoms with Crippen molar-refractivity contribution in [1.29, 1.82) is 0 Å². The third kappa shape index (κ3) is 2.21. The molecular formula is C11H8BrClN2O2. The van der Waals surface area contributed by atoms with E-state index in [1.165, 1.54) is 7.11 Å². The van der Waals surface area contributed by atoms with Gasteiger partial charge in [-0.3, -0.25) is 4.79 Å².